The molecule has 0 radical (unpaired) electrons. The summed E-state index contributed by atoms with van der Waals surface area (Å²) in [6, 6.07) is 7.76. The van der Waals surface area contributed by atoms with E-state index in [-0.39, 0.29) is 6.10 Å². The molecule has 4 heteroatoms. The van der Waals surface area contributed by atoms with Crippen molar-refractivity contribution in [1.82, 2.24) is 9.55 Å². The van der Waals surface area contributed by atoms with Crippen molar-refractivity contribution in [2.24, 2.45) is 0 Å². The number of imidazole rings is 1. The first kappa shape index (κ1) is 12.6. The van der Waals surface area contributed by atoms with Crippen LogP contribution in [0.5, 0.6) is 0 Å². The van der Waals surface area contributed by atoms with Gasteiger partial charge in [0.1, 0.15) is 11.9 Å². The number of hydrogen-bond donors (Lipinski definition) is 0. The van der Waals surface area contributed by atoms with Gasteiger partial charge >= 0.3 is 0 Å². The Hall–Kier alpha value is -1.86. The Labute approximate surface area is 107 Å². The van der Waals surface area contributed by atoms with Gasteiger partial charge in [0, 0.05) is 13.7 Å². The quantitative estimate of drug-likeness (QED) is 0.829. The maximum absolute atomic E-state index is 8.92. The van der Waals surface area contributed by atoms with Crippen LogP contribution in [-0.4, -0.2) is 16.7 Å². The van der Waals surface area contributed by atoms with Crippen LogP contribution in [0.4, 0.5) is 0 Å². The van der Waals surface area contributed by atoms with Gasteiger partial charge in [-0.1, -0.05) is 6.92 Å². The maximum atomic E-state index is 8.92. The summed E-state index contributed by atoms with van der Waals surface area (Å²) < 4.78 is 7.53. The molecule has 2 aromatic rings. The average molecular weight is 243 g/mol. The van der Waals surface area contributed by atoms with Crippen LogP contribution in [0.1, 0.15) is 37.8 Å². The summed E-state index contributed by atoms with van der Waals surface area (Å²) in [4.78, 5) is 4.60. The van der Waals surface area contributed by atoms with Gasteiger partial charge in [-0.15, -0.1) is 0 Å². The van der Waals surface area contributed by atoms with Gasteiger partial charge in [-0.05, 0) is 31.5 Å². The lowest BCUT2D eigenvalue weighted by Crippen LogP contribution is -2.08. The minimum Gasteiger partial charge on any atom is -0.374 e. The minimum absolute atomic E-state index is 0.0468. The number of methoxy groups -OCH3 is 1. The molecule has 1 atom stereocenters. The number of rotatable bonds is 4. The number of nitrogens with zero attached hydrogens (tertiary/aromatic N) is 3. The van der Waals surface area contributed by atoms with Crippen LogP contribution in [0.15, 0.2) is 18.2 Å². The van der Waals surface area contributed by atoms with Crippen LogP contribution in [0.3, 0.4) is 0 Å². The molecular formula is C14H17N3O. The molecule has 0 aliphatic carbocycles. The second-order valence-electron chi connectivity index (χ2n) is 4.31. The van der Waals surface area contributed by atoms with E-state index < -0.39 is 0 Å². The lowest BCUT2D eigenvalue weighted by Gasteiger charge is -2.12. The molecule has 0 fully saturated rings. The van der Waals surface area contributed by atoms with Gasteiger partial charge in [0.2, 0.25) is 0 Å². The Kier molecular flexibility index (Phi) is 3.63. The summed E-state index contributed by atoms with van der Waals surface area (Å²) in [5.74, 6) is 0.921. The third-order valence-electron chi connectivity index (χ3n) is 3.07. The van der Waals surface area contributed by atoms with Crippen molar-refractivity contribution in [3.63, 3.8) is 0 Å². The number of fused-ring (bicyclic) bond motifs is 1. The van der Waals surface area contributed by atoms with Crippen molar-refractivity contribution in [2.75, 3.05) is 7.11 Å². The zero-order valence-electron chi connectivity index (χ0n) is 11.0. The third-order valence-corrected chi connectivity index (χ3v) is 3.07. The lowest BCUT2D eigenvalue weighted by atomic mass is 10.2. The molecule has 1 heterocycles. The molecule has 0 aliphatic rings. The van der Waals surface area contributed by atoms with Crippen molar-refractivity contribution in [1.29, 1.82) is 5.26 Å². The van der Waals surface area contributed by atoms with E-state index in [2.05, 4.69) is 22.5 Å². The van der Waals surface area contributed by atoms with Gasteiger partial charge < -0.3 is 9.30 Å². The summed E-state index contributed by atoms with van der Waals surface area (Å²) in [6.45, 7) is 5.03. The highest BCUT2D eigenvalue weighted by Crippen LogP contribution is 2.23. The van der Waals surface area contributed by atoms with Crippen molar-refractivity contribution >= 4 is 11.0 Å². The predicted octanol–water partition coefficient (Wildman–Crippen LogP) is 3.03. The Morgan fingerprint density at radius 3 is 2.89 bits per heavy atom. The lowest BCUT2D eigenvalue weighted by molar-refractivity contribution is 0.109. The van der Waals surface area contributed by atoms with Crippen LogP contribution in [-0.2, 0) is 11.3 Å². The molecule has 4 nitrogen and oxygen atoms in total. The first-order valence-corrected chi connectivity index (χ1v) is 6.14. The van der Waals surface area contributed by atoms with Gasteiger partial charge in [-0.25, -0.2) is 4.98 Å². The Bertz CT molecular complexity index is 595. The van der Waals surface area contributed by atoms with E-state index in [4.69, 9.17) is 10.00 Å². The van der Waals surface area contributed by atoms with E-state index in [1.165, 1.54) is 0 Å². The summed E-state index contributed by atoms with van der Waals surface area (Å²) in [7, 11) is 1.68. The molecule has 0 spiro atoms. The van der Waals surface area contributed by atoms with E-state index in [1.54, 1.807) is 7.11 Å². The Morgan fingerprint density at radius 2 is 2.28 bits per heavy atom. The second kappa shape index (κ2) is 5.19. The first-order chi connectivity index (χ1) is 8.71. The topological polar surface area (TPSA) is 50.8 Å². The number of ether oxygens (including phenoxy) is 1. The van der Waals surface area contributed by atoms with Gasteiger partial charge in [0.25, 0.3) is 0 Å². The average Bonchev–Trinajstić information content (AvgIpc) is 2.76. The highest BCUT2D eigenvalue weighted by Gasteiger charge is 2.15. The third kappa shape index (κ3) is 2.09. The van der Waals surface area contributed by atoms with Crippen LogP contribution in [0.2, 0.25) is 0 Å². The molecular weight excluding hydrogens is 226 g/mol. The number of benzene rings is 1. The molecule has 0 saturated carbocycles. The molecule has 0 amide bonds. The molecule has 0 bridgehead atoms. The van der Waals surface area contributed by atoms with Crippen LogP contribution in [0.25, 0.3) is 11.0 Å². The van der Waals surface area contributed by atoms with Gasteiger partial charge in [-0.2, -0.15) is 5.26 Å². The number of aryl methyl sites for hydroxylation is 1. The zero-order chi connectivity index (χ0) is 13.1. The summed E-state index contributed by atoms with van der Waals surface area (Å²) >= 11 is 0. The SMILES string of the molecule is CCCn1c(C(C)OC)nc2cc(C#N)ccc21. The van der Waals surface area contributed by atoms with Crippen molar-refractivity contribution in [2.45, 2.75) is 32.9 Å². The summed E-state index contributed by atoms with van der Waals surface area (Å²) in [5.41, 5.74) is 2.57. The van der Waals surface area contributed by atoms with Crippen molar-refractivity contribution in [3.05, 3.63) is 29.6 Å². The molecule has 0 N–H and O–H groups in total. The standard InChI is InChI=1S/C14H17N3O/c1-4-7-17-13-6-5-11(9-15)8-12(13)16-14(17)10(2)18-3/h5-6,8,10H,4,7H2,1-3H3. The predicted molar refractivity (Wildman–Crippen MR) is 70.2 cm³/mol. The molecule has 1 aromatic heterocycles. The first-order valence-electron chi connectivity index (χ1n) is 6.14. The fourth-order valence-corrected chi connectivity index (χ4v) is 2.09. The normalized spacial score (nSPS) is 12.6. The maximum Gasteiger partial charge on any atom is 0.138 e. The Morgan fingerprint density at radius 1 is 1.50 bits per heavy atom. The van der Waals surface area contributed by atoms with Gasteiger partial charge in [0.05, 0.1) is 22.7 Å². The molecule has 0 aliphatic heterocycles. The molecule has 94 valence electrons. The highest BCUT2D eigenvalue weighted by atomic mass is 16.5. The number of nitriles is 1. The van der Waals surface area contributed by atoms with E-state index in [9.17, 15) is 0 Å². The van der Waals surface area contributed by atoms with Gasteiger partial charge in [0.15, 0.2) is 0 Å². The number of hydrogen-bond acceptors (Lipinski definition) is 3. The molecule has 2 rings (SSSR count). The summed E-state index contributed by atoms with van der Waals surface area (Å²) in [6.07, 6.45) is 0.990. The molecule has 1 unspecified atom stereocenters. The number of aromatic nitrogens is 2. The molecule has 18 heavy (non-hydrogen) atoms. The second-order valence-corrected chi connectivity index (χ2v) is 4.31. The fourth-order valence-electron chi connectivity index (χ4n) is 2.09. The molecule has 0 saturated heterocycles. The fraction of sp³-hybridized carbons (Fsp3) is 0.429. The summed E-state index contributed by atoms with van der Waals surface area (Å²) in [5, 5.41) is 8.92. The molecule has 1 aromatic carbocycles. The van der Waals surface area contributed by atoms with E-state index in [0.29, 0.717) is 5.56 Å². The minimum atomic E-state index is -0.0468. The van der Waals surface area contributed by atoms with Crippen LogP contribution < -0.4 is 0 Å². The van der Waals surface area contributed by atoms with Crippen molar-refractivity contribution in [3.8, 4) is 6.07 Å². The zero-order valence-corrected chi connectivity index (χ0v) is 11.0. The largest absolute Gasteiger partial charge is 0.374 e. The highest BCUT2D eigenvalue weighted by molar-refractivity contribution is 5.77. The Balaban J connectivity index is 2.63. The van der Waals surface area contributed by atoms with E-state index in [0.717, 1.165) is 29.8 Å². The van der Waals surface area contributed by atoms with Gasteiger partial charge in [-0.3, -0.25) is 0 Å². The van der Waals surface area contributed by atoms with Crippen molar-refractivity contribution < 1.29 is 4.74 Å². The van der Waals surface area contributed by atoms with Crippen LogP contribution in [0, 0.1) is 11.3 Å². The smallest absolute Gasteiger partial charge is 0.138 e. The monoisotopic (exact) mass is 243 g/mol. The van der Waals surface area contributed by atoms with E-state index >= 15 is 0 Å². The van der Waals surface area contributed by atoms with Crippen LogP contribution >= 0.6 is 0 Å². The van der Waals surface area contributed by atoms with E-state index in [1.807, 2.05) is 25.1 Å².